The molecule has 0 bridgehead atoms. The van der Waals surface area contributed by atoms with E-state index in [4.69, 9.17) is 4.84 Å². The van der Waals surface area contributed by atoms with Crippen molar-refractivity contribution in [2.75, 3.05) is 6.54 Å². The number of aliphatic hydroxyl groups excluding tert-OH is 1. The van der Waals surface area contributed by atoms with Crippen LogP contribution in [0.2, 0.25) is 0 Å². The lowest BCUT2D eigenvalue weighted by molar-refractivity contribution is -0.0709. The van der Waals surface area contributed by atoms with Crippen molar-refractivity contribution in [3.05, 3.63) is 23.8 Å². The molecule has 3 fully saturated rings. The normalized spacial score (nSPS) is 57.3. The highest BCUT2D eigenvalue weighted by Crippen LogP contribution is 2.64. The highest BCUT2D eigenvalue weighted by atomic mass is 16.7. The van der Waals surface area contributed by atoms with Gasteiger partial charge >= 0.3 is 0 Å². The standard InChI is InChI=1S/C20H29NO2/c1-19-8-7-16-14(15(19)5-6-18(19)22)4-3-13-9-17-12(11-21-23-17)10-20(13,16)2/h3,5-6,12,14-18,21-22H,4,7-11H2,1-2H3. The Morgan fingerprint density at radius 1 is 1.30 bits per heavy atom. The van der Waals surface area contributed by atoms with Crippen molar-refractivity contribution in [1.29, 1.82) is 0 Å². The lowest BCUT2D eigenvalue weighted by Crippen LogP contribution is -2.52. The zero-order chi connectivity index (χ0) is 15.8. The fourth-order valence-electron chi connectivity index (χ4n) is 6.85. The molecule has 5 rings (SSSR count). The van der Waals surface area contributed by atoms with Gasteiger partial charge in [0, 0.05) is 17.9 Å². The van der Waals surface area contributed by atoms with Gasteiger partial charge in [0.1, 0.15) is 0 Å². The largest absolute Gasteiger partial charge is 0.388 e. The third kappa shape index (κ3) is 1.82. The molecule has 2 saturated carbocycles. The number of aliphatic hydroxyl groups is 1. The summed E-state index contributed by atoms with van der Waals surface area (Å²) in [4.78, 5) is 5.75. The molecule has 2 N–H and O–H groups in total. The minimum atomic E-state index is -0.241. The lowest BCUT2D eigenvalue weighted by atomic mass is 9.47. The molecule has 3 heteroatoms. The van der Waals surface area contributed by atoms with Crippen molar-refractivity contribution in [2.45, 2.75) is 58.2 Å². The number of hydroxylamine groups is 1. The zero-order valence-electron chi connectivity index (χ0n) is 14.3. The van der Waals surface area contributed by atoms with Crippen LogP contribution in [-0.4, -0.2) is 23.9 Å². The summed E-state index contributed by atoms with van der Waals surface area (Å²) in [5.41, 5.74) is 5.23. The number of fused-ring (bicyclic) bond motifs is 6. The van der Waals surface area contributed by atoms with Gasteiger partial charge in [-0.05, 0) is 55.3 Å². The predicted molar refractivity (Wildman–Crippen MR) is 89.4 cm³/mol. The van der Waals surface area contributed by atoms with Gasteiger partial charge in [-0.3, -0.25) is 4.84 Å². The minimum Gasteiger partial charge on any atom is -0.388 e. The third-order valence-corrected chi connectivity index (χ3v) is 8.31. The molecule has 3 nitrogen and oxygen atoms in total. The second kappa shape index (κ2) is 4.71. The number of allylic oxidation sites excluding steroid dienone is 2. The molecule has 1 saturated heterocycles. The first-order valence-electron chi connectivity index (χ1n) is 9.47. The van der Waals surface area contributed by atoms with Crippen LogP contribution < -0.4 is 5.48 Å². The van der Waals surface area contributed by atoms with E-state index in [1.807, 2.05) is 0 Å². The monoisotopic (exact) mass is 315 g/mol. The maximum atomic E-state index is 10.5. The maximum absolute atomic E-state index is 10.5. The molecule has 0 radical (unpaired) electrons. The molecule has 126 valence electrons. The van der Waals surface area contributed by atoms with Crippen LogP contribution in [0.3, 0.4) is 0 Å². The highest BCUT2D eigenvalue weighted by molar-refractivity contribution is 5.29. The van der Waals surface area contributed by atoms with Crippen LogP contribution in [-0.2, 0) is 4.84 Å². The first-order chi connectivity index (χ1) is 11.0. The summed E-state index contributed by atoms with van der Waals surface area (Å²) in [6, 6.07) is 0. The minimum absolute atomic E-state index is 0.0814. The van der Waals surface area contributed by atoms with E-state index in [0.29, 0.717) is 29.3 Å². The SMILES string of the molecule is CC12CC3CNOC3CC1=CCC1C2CCC2(C)C(O)C=CC12. The topological polar surface area (TPSA) is 41.5 Å². The van der Waals surface area contributed by atoms with Crippen LogP contribution in [0.4, 0.5) is 0 Å². The Morgan fingerprint density at radius 2 is 2.17 bits per heavy atom. The zero-order valence-corrected chi connectivity index (χ0v) is 14.3. The predicted octanol–water partition coefficient (Wildman–Crippen LogP) is 3.22. The van der Waals surface area contributed by atoms with E-state index in [0.717, 1.165) is 18.9 Å². The van der Waals surface area contributed by atoms with E-state index in [9.17, 15) is 5.11 Å². The summed E-state index contributed by atoms with van der Waals surface area (Å²) in [5, 5.41) is 10.5. The van der Waals surface area contributed by atoms with Gasteiger partial charge in [-0.25, -0.2) is 5.48 Å². The van der Waals surface area contributed by atoms with Crippen molar-refractivity contribution >= 4 is 0 Å². The van der Waals surface area contributed by atoms with Crippen molar-refractivity contribution in [2.24, 2.45) is 34.5 Å². The van der Waals surface area contributed by atoms with Crippen LogP contribution in [0.5, 0.6) is 0 Å². The smallest absolute Gasteiger partial charge is 0.0868 e. The molecule has 4 aliphatic carbocycles. The van der Waals surface area contributed by atoms with Gasteiger partial charge in [0.15, 0.2) is 0 Å². The van der Waals surface area contributed by atoms with E-state index in [-0.39, 0.29) is 11.5 Å². The summed E-state index contributed by atoms with van der Waals surface area (Å²) < 4.78 is 0. The molecule has 1 heterocycles. The second-order valence-electron chi connectivity index (χ2n) is 9.23. The Hall–Kier alpha value is -0.640. The molecule has 8 unspecified atom stereocenters. The second-order valence-corrected chi connectivity index (χ2v) is 9.23. The molecule has 1 aliphatic heterocycles. The number of rotatable bonds is 0. The molecule has 5 aliphatic rings. The summed E-state index contributed by atoms with van der Waals surface area (Å²) >= 11 is 0. The molecule has 8 atom stereocenters. The highest BCUT2D eigenvalue weighted by Gasteiger charge is 2.58. The number of hydrogen-bond acceptors (Lipinski definition) is 3. The van der Waals surface area contributed by atoms with E-state index in [2.05, 4.69) is 37.6 Å². The van der Waals surface area contributed by atoms with Crippen molar-refractivity contribution in [3.63, 3.8) is 0 Å². The molecule has 0 spiro atoms. The first kappa shape index (κ1) is 14.7. The van der Waals surface area contributed by atoms with Gasteiger partial charge < -0.3 is 5.11 Å². The van der Waals surface area contributed by atoms with Crippen LogP contribution in [0, 0.1) is 34.5 Å². The Bertz CT molecular complexity index is 584. The molecular formula is C20H29NO2. The van der Waals surface area contributed by atoms with Gasteiger partial charge in [-0.2, -0.15) is 0 Å². The van der Waals surface area contributed by atoms with Crippen LogP contribution >= 0.6 is 0 Å². The number of hydrogen-bond donors (Lipinski definition) is 2. The lowest BCUT2D eigenvalue weighted by Gasteiger charge is -2.58. The fraction of sp³-hybridized carbons (Fsp3) is 0.800. The molecule has 23 heavy (non-hydrogen) atoms. The molecule has 0 aromatic heterocycles. The first-order valence-corrected chi connectivity index (χ1v) is 9.47. The van der Waals surface area contributed by atoms with Gasteiger partial charge in [-0.1, -0.05) is 37.6 Å². The summed E-state index contributed by atoms with van der Waals surface area (Å²) in [6.07, 6.45) is 13.1. The van der Waals surface area contributed by atoms with E-state index < -0.39 is 0 Å². The fourth-order valence-corrected chi connectivity index (χ4v) is 6.85. The summed E-state index contributed by atoms with van der Waals surface area (Å²) in [5.74, 6) is 2.72. The van der Waals surface area contributed by atoms with Crippen molar-refractivity contribution in [3.8, 4) is 0 Å². The Balaban J connectivity index is 1.50. The Morgan fingerprint density at radius 3 is 3.04 bits per heavy atom. The van der Waals surface area contributed by atoms with E-state index in [1.54, 1.807) is 5.57 Å². The van der Waals surface area contributed by atoms with Gasteiger partial charge in [0.2, 0.25) is 0 Å². The Labute approximate surface area is 139 Å². The summed E-state index contributed by atoms with van der Waals surface area (Å²) in [7, 11) is 0. The molecule has 0 aromatic rings. The Kier molecular flexibility index (Phi) is 3.01. The van der Waals surface area contributed by atoms with E-state index in [1.165, 1.54) is 25.7 Å². The van der Waals surface area contributed by atoms with E-state index >= 15 is 0 Å². The average Bonchev–Trinajstić information content (AvgIpc) is 3.08. The third-order valence-electron chi connectivity index (χ3n) is 8.31. The van der Waals surface area contributed by atoms with Crippen LogP contribution in [0.15, 0.2) is 23.8 Å². The molecule has 0 aromatic carbocycles. The van der Waals surface area contributed by atoms with Gasteiger partial charge in [0.25, 0.3) is 0 Å². The average molecular weight is 315 g/mol. The quantitative estimate of drug-likeness (QED) is 0.675. The maximum Gasteiger partial charge on any atom is 0.0868 e. The van der Waals surface area contributed by atoms with Gasteiger partial charge in [0.05, 0.1) is 12.2 Å². The van der Waals surface area contributed by atoms with Crippen molar-refractivity contribution in [1.82, 2.24) is 5.48 Å². The summed E-state index contributed by atoms with van der Waals surface area (Å²) in [6.45, 7) is 5.86. The van der Waals surface area contributed by atoms with Crippen LogP contribution in [0.1, 0.15) is 46.0 Å². The van der Waals surface area contributed by atoms with Crippen molar-refractivity contribution < 1.29 is 9.94 Å². The molecular weight excluding hydrogens is 286 g/mol. The number of nitrogens with one attached hydrogen (secondary N) is 1. The van der Waals surface area contributed by atoms with Gasteiger partial charge in [-0.15, -0.1) is 0 Å². The molecule has 0 amide bonds. The van der Waals surface area contributed by atoms with Crippen LogP contribution in [0.25, 0.3) is 0 Å².